The zero-order valence-corrected chi connectivity index (χ0v) is 11.9. The Hall–Kier alpha value is -1.39. The molecule has 1 saturated carbocycles. The standard InChI is InChI=1S/C16H22N2O2/c1-12(13-5-3-2-4-6-13)17-15(19)9-18-10-16(20,11-18)14-7-8-14/h2-6,12,14,20H,7-11H2,1H3,(H,17,19). The minimum absolute atomic E-state index is 0.0206. The number of amides is 1. The average Bonchev–Trinajstić information content (AvgIpc) is 3.22. The summed E-state index contributed by atoms with van der Waals surface area (Å²) < 4.78 is 0. The number of benzene rings is 1. The van der Waals surface area contributed by atoms with Crippen molar-refractivity contribution in [2.45, 2.75) is 31.4 Å². The van der Waals surface area contributed by atoms with E-state index in [9.17, 15) is 9.90 Å². The van der Waals surface area contributed by atoms with E-state index in [-0.39, 0.29) is 11.9 Å². The van der Waals surface area contributed by atoms with Crippen LogP contribution >= 0.6 is 0 Å². The minimum atomic E-state index is -0.509. The molecule has 1 aromatic carbocycles. The summed E-state index contributed by atoms with van der Waals surface area (Å²) in [5, 5.41) is 13.2. The monoisotopic (exact) mass is 274 g/mol. The molecule has 108 valence electrons. The first-order chi connectivity index (χ1) is 9.57. The van der Waals surface area contributed by atoms with Crippen molar-refractivity contribution >= 4 is 5.91 Å². The number of nitrogens with one attached hydrogen (secondary N) is 1. The number of β-amino-alcohol motifs (C(OH)–C–C–N with tert-alkyl or cyclic N) is 1. The van der Waals surface area contributed by atoms with Crippen LogP contribution in [0.1, 0.15) is 31.4 Å². The average molecular weight is 274 g/mol. The largest absolute Gasteiger partial charge is 0.387 e. The molecule has 1 aliphatic heterocycles. The number of nitrogens with zero attached hydrogens (tertiary/aromatic N) is 1. The predicted molar refractivity (Wildman–Crippen MR) is 77.1 cm³/mol. The molecule has 20 heavy (non-hydrogen) atoms. The molecule has 2 fully saturated rings. The Morgan fingerprint density at radius 3 is 2.65 bits per heavy atom. The maximum atomic E-state index is 12.0. The SMILES string of the molecule is CC(NC(=O)CN1CC(O)(C2CC2)C1)c1ccccc1. The number of carbonyl (C=O) groups is 1. The lowest BCUT2D eigenvalue weighted by Gasteiger charge is -2.46. The minimum Gasteiger partial charge on any atom is -0.387 e. The zero-order valence-electron chi connectivity index (χ0n) is 11.9. The predicted octanol–water partition coefficient (Wildman–Crippen LogP) is 1.32. The Kier molecular flexibility index (Phi) is 3.52. The van der Waals surface area contributed by atoms with E-state index >= 15 is 0 Å². The van der Waals surface area contributed by atoms with E-state index in [1.165, 1.54) is 0 Å². The van der Waals surface area contributed by atoms with Gasteiger partial charge in [0, 0.05) is 13.1 Å². The second-order valence-corrected chi connectivity index (χ2v) is 6.22. The van der Waals surface area contributed by atoms with Gasteiger partial charge >= 0.3 is 0 Å². The molecule has 0 spiro atoms. The number of aliphatic hydroxyl groups is 1. The van der Waals surface area contributed by atoms with Gasteiger partial charge in [0.25, 0.3) is 0 Å². The summed E-state index contributed by atoms with van der Waals surface area (Å²) in [6, 6.07) is 9.97. The molecule has 0 aromatic heterocycles. The summed E-state index contributed by atoms with van der Waals surface area (Å²) in [6.07, 6.45) is 2.28. The Labute approximate surface area is 119 Å². The number of carbonyl (C=O) groups excluding carboxylic acids is 1. The maximum Gasteiger partial charge on any atom is 0.234 e. The highest BCUT2D eigenvalue weighted by molar-refractivity contribution is 5.78. The number of hydrogen-bond acceptors (Lipinski definition) is 3. The van der Waals surface area contributed by atoms with Gasteiger partial charge < -0.3 is 10.4 Å². The summed E-state index contributed by atoms with van der Waals surface area (Å²) in [4.78, 5) is 14.0. The van der Waals surface area contributed by atoms with E-state index in [4.69, 9.17) is 0 Å². The molecule has 2 aliphatic rings. The van der Waals surface area contributed by atoms with Gasteiger partial charge in [-0.2, -0.15) is 0 Å². The van der Waals surface area contributed by atoms with Gasteiger partial charge in [0.2, 0.25) is 5.91 Å². The van der Waals surface area contributed by atoms with Crippen LogP contribution in [-0.2, 0) is 4.79 Å². The molecule has 1 unspecified atom stereocenters. The Morgan fingerprint density at radius 2 is 2.05 bits per heavy atom. The Morgan fingerprint density at radius 1 is 1.40 bits per heavy atom. The number of likely N-dealkylation sites (tertiary alicyclic amines) is 1. The molecule has 4 heteroatoms. The van der Waals surface area contributed by atoms with Crippen LogP contribution in [0.3, 0.4) is 0 Å². The summed E-state index contributed by atoms with van der Waals surface area (Å²) in [7, 11) is 0. The van der Waals surface area contributed by atoms with Crippen molar-refractivity contribution < 1.29 is 9.90 Å². The quantitative estimate of drug-likeness (QED) is 0.851. The van der Waals surface area contributed by atoms with Gasteiger partial charge in [-0.15, -0.1) is 0 Å². The van der Waals surface area contributed by atoms with E-state index in [0.717, 1.165) is 18.4 Å². The molecular weight excluding hydrogens is 252 g/mol. The highest BCUT2D eigenvalue weighted by Crippen LogP contribution is 2.44. The normalized spacial score (nSPS) is 22.9. The third-order valence-electron chi connectivity index (χ3n) is 4.38. The van der Waals surface area contributed by atoms with Crippen molar-refractivity contribution in [2.24, 2.45) is 5.92 Å². The Bertz CT molecular complexity index is 479. The molecule has 1 saturated heterocycles. The van der Waals surface area contributed by atoms with Crippen LogP contribution in [0.5, 0.6) is 0 Å². The third-order valence-corrected chi connectivity index (χ3v) is 4.38. The third kappa shape index (κ3) is 2.86. The fourth-order valence-corrected chi connectivity index (χ4v) is 3.03. The van der Waals surface area contributed by atoms with E-state index in [1.807, 2.05) is 42.2 Å². The molecule has 2 N–H and O–H groups in total. The number of rotatable bonds is 5. The van der Waals surface area contributed by atoms with Crippen molar-refractivity contribution in [3.05, 3.63) is 35.9 Å². The van der Waals surface area contributed by atoms with Gasteiger partial charge in [-0.25, -0.2) is 0 Å². The van der Waals surface area contributed by atoms with Gasteiger partial charge in [0.1, 0.15) is 0 Å². The molecule has 1 heterocycles. The second kappa shape index (κ2) is 5.19. The Balaban J connectivity index is 1.44. The van der Waals surface area contributed by atoms with Gasteiger partial charge in [-0.3, -0.25) is 9.69 Å². The van der Waals surface area contributed by atoms with E-state index in [1.54, 1.807) is 0 Å². The molecule has 1 amide bonds. The van der Waals surface area contributed by atoms with Crippen molar-refractivity contribution in [3.8, 4) is 0 Å². The molecule has 0 bridgehead atoms. The molecule has 1 aromatic rings. The molecule has 1 atom stereocenters. The first-order valence-corrected chi connectivity index (χ1v) is 7.36. The van der Waals surface area contributed by atoms with Gasteiger partial charge in [0.05, 0.1) is 18.2 Å². The van der Waals surface area contributed by atoms with Crippen molar-refractivity contribution in [3.63, 3.8) is 0 Å². The van der Waals surface area contributed by atoms with E-state index < -0.39 is 5.60 Å². The summed E-state index contributed by atoms with van der Waals surface area (Å²) in [5.41, 5.74) is 0.602. The molecule has 3 rings (SSSR count). The van der Waals surface area contributed by atoms with Crippen LogP contribution in [0.15, 0.2) is 30.3 Å². The lowest BCUT2D eigenvalue weighted by atomic mass is 9.89. The topological polar surface area (TPSA) is 52.6 Å². The second-order valence-electron chi connectivity index (χ2n) is 6.22. The summed E-state index contributed by atoms with van der Waals surface area (Å²) in [5.74, 6) is 0.504. The summed E-state index contributed by atoms with van der Waals surface area (Å²) in [6.45, 7) is 3.66. The van der Waals surface area contributed by atoms with Crippen LogP contribution in [0.4, 0.5) is 0 Å². The highest BCUT2D eigenvalue weighted by Gasteiger charge is 2.51. The first-order valence-electron chi connectivity index (χ1n) is 7.36. The fourth-order valence-electron chi connectivity index (χ4n) is 3.03. The van der Waals surface area contributed by atoms with E-state index in [0.29, 0.717) is 25.6 Å². The lowest BCUT2D eigenvalue weighted by molar-refractivity contribution is -0.137. The van der Waals surface area contributed by atoms with E-state index in [2.05, 4.69) is 5.32 Å². The lowest BCUT2D eigenvalue weighted by Crippen LogP contribution is -2.64. The highest BCUT2D eigenvalue weighted by atomic mass is 16.3. The van der Waals surface area contributed by atoms with Gasteiger partial charge in [0.15, 0.2) is 0 Å². The van der Waals surface area contributed by atoms with Gasteiger partial charge in [-0.05, 0) is 31.2 Å². The molecule has 4 nitrogen and oxygen atoms in total. The van der Waals surface area contributed by atoms with Crippen molar-refractivity contribution in [1.82, 2.24) is 10.2 Å². The zero-order chi connectivity index (χ0) is 14.2. The van der Waals surface area contributed by atoms with Gasteiger partial charge in [-0.1, -0.05) is 30.3 Å². The number of hydrogen-bond donors (Lipinski definition) is 2. The van der Waals surface area contributed by atoms with Crippen LogP contribution in [0.2, 0.25) is 0 Å². The van der Waals surface area contributed by atoms with Crippen LogP contribution < -0.4 is 5.32 Å². The smallest absolute Gasteiger partial charge is 0.234 e. The van der Waals surface area contributed by atoms with Crippen molar-refractivity contribution in [1.29, 1.82) is 0 Å². The fraction of sp³-hybridized carbons (Fsp3) is 0.562. The van der Waals surface area contributed by atoms with Crippen LogP contribution in [0.25, 0.3) is 0 Å². The first kappa shape index (κ1) is 13.6. The summed E-state index contributed by atoms with van der Waals surface area (Å²) >= 11 is 0. The van der Waals surface area contributed by atoms with Crippen molar-refractivity contribution in [2.75, 3.05) is 19.6 Å². The molecule has 1 aliphatic carbocycles. The molecule has 0 radical (unpaired) electrons. The maximum absolute atomic E-state index is 12.0. The molecular formula is C16H22N2O2. The van der Waals surface area contributed by atoms with Crippen LogP contribution in [-0.4, -0.2) is 41.1 Å². The van der Waals surface area contributed by atoms with Crippen LogP contribution in [0, 0.1) is 5.92 Å².